The summed E-state index contributed by atoms with van der Waals surface area (Å²) in [5.41, 5.74) is 1.01. The molecule has 1 N–H and O–H groups in total. The highest BCUT2D eigenvalue weighted by Gasteiger charge is 2.24. The van der Waals surface area contributed by atoms with E-state index in [4.69, 9.17) is 4.74 Å². The third-order valence-electron chi connectivity index (χ3n) is 6.86. The fourth-order valence-electron chi connectivity index (χ4n) is 4.75. The lowest BCUT2D eigenvalue weighted by Gasteiger charge is -2.36. The predicted octanol–water partition coefficient (Wildman–Crippen LogP) is 4.00. The topological polar surface area (TPSA) is 65.1 Å². The number of urea groups is 1. The standard InChI is InChI=1S/C27H42N4O3/c1-3-10-26(32)30(16-9-12-23-11-7-8-15-25(23)34-2)20-17-29-18-21-31(22-19-29)27(33)28-24-13-5-4-6-14-24/h7-9,11-12,15,24H,3-6,10,13-14,16-22H2,1-2H3,(H,28,33)/b12-9+. The molecule has 3 amide bonds. The summed E-state index contributed by atoms with van der Waals surface area (Å²) in [7, 11) is 1.67. The fourth-order valence-corrected chi connectivity index (χ4v) is 4.75. The van der Waals surface area contributed by atoms with Crippen LogP contribution in [-0.2, 0) is 4.79 Å². The number of amides is 3. The summed E-state index contributed by atoms with van der Waals surface area (Å²) in [6, 6.07) is 8.32. The SMILES string of the molecule is CCCC(=O)N(C/C=C/c1ccccc1OC)CCN1CCN(C(=O)NC2CCCCC2)CC1. The summed E-state index contributed by atoms with van der Waals surface area (Å²) in [5, 5.41) is 3.23. The van der Waals surface area contributed by atoms with Gasteiger partial charge in [0, 0.05) is 63.8 Å². The second-order valence-corrected chi connectivity index (χ2v) is 9.35. The molecular weight excluding hydrogens is 428 g/mol. The summed E-state index contributed by atoms with van der Waals surface area (Å²) < 4.78 is 5.41. The van der Waals surface area contributed by atoms with Crippen LogP contribution in [0, 0.1) is 0 Å². The Bertz CT molecular complexity index is 799. The van der Waals surface area contributed by atoms with Crippen molar-refractivity contribution in [2.45, 2.75) is 57.9 Å². The van der Waals surface area contributed by atoms with Crippen LogP contribution >= 0.6 is 0 Å². The predicted molar refractivity (Wildman–Crippen MR) is 137 cm³/mol. The lowest BCUT2D eigenvalue weighted by atomic mass is 9.96. The molecule has 1 saturated heterocycles. The van der Waals surface area contributed by atoms with Crippen LogP contribution in [0.5, 0.6) is 5.75 Å². The summed E-state index contributed by atoms with van der Waals surface area (Å²) in [6.45, 7) is 7.35. The Morgan fingerprint density at radius 2 is 1.85 bits per heavy atom. The Morgan fingerprint density at radius 3 is 2.56 bits per heavy atom. The van der Waals surface area contributed by atoms with Gasteiger partial charge in [-0.2, -0.15) is 0 Å². The molecule has 2 aliphatic rings. The molecule has 1 heterocycles. The molecule has 188 valence electrons. The summed E-state index contributed by atoms with van der Waals surface area (Å²) in [5.74, 6) is 1.02. The molecule has 0 unspecified atom stereocenters. The molecule has 0 aromatic heterocycles. The number of methoxy groups -OCH3 is 1. The van der Waals surface area contributed by atoms with Crippen LogP contribution in [0.15, 0.2) is 30.3 Å². The molecule has 7 heteroatoms. The van der Waals surface area contributed by atoms with E-state index in [1.165, 1.54) is 19.3 Å². The van der Waals surface area contributed by atoms with Crippen LogP contribution in [0.25, 0.3) is 6.08 Å². The van der Waals surface area contributed by atoms with Gasteiger partial charge in [0.15, 0.2) is 0 Å². The number of nitrogens with one attached hydrogen (secondary N) is 1. The van der Waals surface area contributed by atoms with Gasteiger partial charge in [-0.1, -0.05) is 56.5 Å². The average molecular weight is 471 g/mol. The van der Waals surface area contributed by atoms with E-state index < -0.39 is 0 Å². The van der Waals surface area contributed by atoms with Crippen LogP contribution in [0.3, 0.4) is 0 Å². The zero-order valence-corrected chi connectivity index (χ0v) is 21.0. The third-order valence-corrected chi connectivity index (χ3v) is 6.86. The molecule has 0 bridgehead atoms. The minimum absolute atomic E-state index is 0.0905. The zero-order chi connectivity index (χ0) is 24.2. The molecule has 1 saturated carbocycles. The molecule has 3 rings (SSSR count). The van der Waals surface area contributed by atoms with Gasteiger partial charge in [0.05, 0.1) is 7.11 Å². The van der Waals surface area contributed by atoms with E-state index >= 15 is 0 Å². The number of carbonyl (C=O) groups is 2. The van der Waals surface area contributed by atoms with Gasteiger partial charge in [-0.25, -0.2) is 4.79 Å². The molecule has 1 aliphatic carbocycles. The second-order valence-electron chi connectivity index (χ2n) is 9.35. The van der Waals surface area contributed by atoms with E-state index in [-0.39, 0.29) is 11.9 Å². The van der Waals surface area contributed by atoms with Crippen molar-refractivity contribution < 1.29 is 14.3 Å². The number of nitrogens with zero attached hydrogens (tertiary/aromatic N) is 3. The molecular formula is C27H42N4O3. The first-order valence-electron chi connectivity index (χ1n) is 13.0. The highest BCUT2D eigenvalue weighted by Crippen LogP contribution is 2.19. The van der Waals surface area contributed by atoms with Crippen molar-refractivity contribution in [2.24, 2.45) is 0 Å². The van der Waals surface area contributed by atoms with Gasteiger partial charge >= 0.3 is 6.03 Å². The lowest BCUT2D eigenvalue weighted by Crippen LogP contribution is -2.54. The van der Waals surface area contributed by atoms with E-state index in [1.54, 1.807) is 7.11 Å². The van der Waals surface area contributed by atoms with Crippen LogP contribution in [0.1, 0.15) is 57.4 Å². The molecule has 1 aromatic carbocycles. The van der Waals surface area contributed by atoms with Crippen LogP contribution < -0.4 is 10.1 Å². The van der Waals surface area contributed by atoms with Crippen molar-refractivity contribution in [3.05, 3.63) is 35.9 Å². The van der Waals surface area contributed by atoms with Gasteiger partial charge < -0.3 is 19.9 Å². The van der Waals surface area contributed by atoms with Crippen molar-refractivity contribution in [1.29, 1.82) is 0 Å². The van der Waals surface area contributed by atoms with E-state index in [9.17, 15) is 9.59 Å². The monoisotopic (exact) mass is 470 g/mol. The van der Waals surface area contributed by atoms with Crippen molar-refractivity contribution in [1.82, 2.24) is 20.0 Å². The van der Waals surface area contributed by atoms with Crippen molar-refractivity contribution in [3.63, 3.8) is 0 Å². The lowest BCUT2D eigenvalue weighted by molar-refractivity contribution is -0.130. The van der Waals surface area contributed by atoms with E-state index in [0.717, 1.165) is 63.3 Å². The molecule has 0 radical (unpaired) electrons. The number of piperazine rings is 1. The highest BCUT2D eigenvalue weighted by molar-refractivity contribution is 5.76. The van der Waals surface area contributed by atoms with Crippen LogP contribution in [0.2, 0.25) is 0 Å². The molecule has 2 fully saturated rings. The van der Waals surface area contributed by atoms with Crippen LogP contribution in [-0.4, -0.2) is 85.6 Å². The van der Waals surface area contributed by atoms with Crippen molar-refractivity contribution >= 4 is 18.0 Å². The highest BCUT2D eigenvalue weighted by atomic mass is 16.5. The minimum Gasteiger partial charge on any atom is -0.496 e. The largest absolute Gasteiger partial charge is 0.496 e. The average Bonchev–Trinajstić information content (AvgIpc) is 2.87. The van der Waals surface area contributed by atoms with E-state index in [0.29, 0.717) is 25.6 Å². The normalized spacial score (nSPS) is 17.6. The number of rotatable bonds is 10. The first-order chi connectivity index (χ1) is 16.6. The second kappa shape index (κ2) is 14.0. The van der Waals surface area contributed by atoms with Crippen molar-refractivity contribution in [2.75, 3.05) is 52.9 Å². The first-order valence-corrected chi connectivity index (χ1v) is 13.0. The Morgan fingerprint density at radius 1 is 1.12 bits per heavy atom. The fraction of sp³-hybridized carbons (Fsp3) is 0.630. The zero-order valence-electron chi connectivity index (χ0n) is 21.0. The van der Waals surface area contributed by atoms with Gasteiger partial charge in [-0.05, 0) is 25.3 Å². The summed E-state index contributed by atoms with van der Waals surface area (Å²) in [6.07, 6.45) is 11.4. The molecule has 34 heavy (non-hydrogen) atoms. The summed E-state index contributed by atoms with van der Waals surface area (Å²) >= 11 is 0. The third kappa shape index (κ3) is 8.05. The molecule has 1 aromatic rings. The quantitative estimate of drug-likeness (QED) is 0.561. The Balaban J connectivity index is 1.45. The molecule has 1 aliphatic heterocycles. The Labute approximate surface area is 205 Å². The maximum absolute atomic E-state index is 12.7. The Hall–Kier alpha value is -2.54. The maximum Gasteiger partial charge on any atom is 0.317 e. The van der Waals surface area contributed by atoms with Gasteiger partial charge in [-0.3, -0.25) is 9.69 Å². The van der Waals surface area contributed by atoms with Gasteiger partial charge in [0.25, 0.3) is 0 Å². The molecule has 0 spiro atoms. The number of ether oxygens (including phenoxy) is 1. The number of carbonyl (C=O) groups excluding carboxylic acids is 2. The maximum atomic E-state index is 12.7. The van der Waals surface area contributed by atoms with Crippen molar-refractivity contribution in [3.8, 4) is 5.75 Å². The smallest absolute Gasteiger partial charge is 0.317 e. The Kier molecular flexibility index (Phi) is 10.7. The minimum atomic E-state index is 0.0905. The number of hydrogen-bond donors (Lipinski definition) is 1. The van der Waals surface area contributed by atoms with Gasteiger partial charge in [0.1, 0.15) is 5.75 Å². The van der Waals surface area contributed by atoms with Gasteiger partial charge in [0.2, 0.25) is 5.91 Å². The number of hydrogen-bond acceptors (Lipinski definition) is 4. The summed E-state index contributed by atoms with van der Waals surface area (Å²) in [4.78, 5) is 31.6. The first kappa shape index (κ1) is 26.1. The van der Waals surface area contributed by atoms with E-state index in [2.05, 4.69) is 10.2 Å². The number of benzene rings is 1. The van der Waals surface area contributed by atoms with Gasteiger partial charge in [-0.15, -0.1) is 0 Å². The molecule has 7 nitrogen and oxygen atoms in total. The van der Waals surface area contributed by atoms with E-state index in [1.807, 2.05) is 53.1 Å². The number of para-hydroxylation sites is 1. The van der Waals surface area contributed by atoms with Crippen LogP contribution in [0.4, 0.5) is 4.79 Å². The molecule has 0 atom stereocenters.